The standard InChI is InChI=1S/C34H39F3O/c1-3-5-7-9-11-27-17-20-30(34(37)33(27)36)26-15-13-25(14-16-26)29-19-18-28(22-31(29)35)32-21-12-24(23-38-32)10-8-6-4-2/h5,7,13-20,22,24,32H,3-4,6,8-12,21,23H2,1-2H3/b7-5+. The minimum absolute atomic E-state index is 0.0631. The maximum absolute atomic E-state index is 15.1. The van der Waals surface area contributed by atoms with Gasteiger partial charge in [-0.05, 0) is 72.8 Å². The van der Waals surface area contributed by atoms with Crippen LogP contribution in [0.3, 0.4) is 0 Å². The second-order valence-corrected chi connectivity index (χ2v) is 10.4. The molecule has 0 aromatic heterocycles. The zero-order valence-electron chi connectivity index (χ0n) is 22.6. The van der Waals surface area contributed by atoms with Gasteiger partial charge in [-0.1, -0.05) is 93.8 Å². The Morgan fingerprint density at radius 2 is 1.55 bits per heavy atom. The Balaban J connectivity index is 1.42. The molecule has 0 aliphatic carbocycles. The van der Waals surface area contributed by atoms with Gasteiger partial charge in [-0.3, -0.25) is 0 Å². The van der Waals surface area contributed by atoms with Crippen LogP contribution in [0.25, 0.3) is 22.3 Å². The van der Waals surface area contributed by atoms with Gasteiger partial charge in [0.05, 0.1) is 12.7 Å². The summed E-state index contributed by atoms with van der Waals surface area (Å²) in [6.45, 7) is 5.00. The van der Waals surface area contributed by atoms with Crippen molar-refractivity contribution in [3.63, 3.8) is 0 Å². The third-order valence-electron chi connectivity index (χ3n) is 7.60. The Morgan fingerprint density at radius 3 is 2.21 bits per heavy atom. The highest BCUT2D eigenvalue weighted by Gasteiger charge is 2.23. The van der Waals surface area contributed by atoms with E-state index >= 15 is 4.39 Å². The number of unbranched alkanes of at least 4 members (excludes halogenated alkanes) is 2. The molecule has 0 amide bonds. The maximum Gasteiger partial charge on any atom is 0.166 e. The molecule has 1 fully saturated rings. The molecule has 1 heterocycles. The van der Waals surface area contributed by atoms with Crippen LogP contribution < -0.4 is 0 Å². The molecule has 4 heteroatoms. The van der Waals surface area contributed by atoms with Gasteiger partial charge in [0.2, 0.25) is 0 Å². The van der Waals surface area contributed by atoms with Crippen LogP contribution in [0.1, 0.15) is 82.4 Å². The number of aryl methyl sites for hydroxylation is 1. The van der Waals surface area contributed by atoms with Gasteiger partial charge in [0.1, 0.15) is 5.82 Å². The van der Waals surface area contributed by atoms with Gasteiger partial charge < -0.3 is 4.74 Å². The molecule has 0 spiro atoms. The van der Waals surface area contributed by atoms with Crippen LogP contribution in [0.5, 0.6) is 0 Å². The molecule has 0 bridgehead atoms. The molecule has 1 aliphatic rings. The molecule has 38 heavy (non-hydrogen) atoms. The Hall–Kier alpha value is -2.85. The first-order valence-electron chi connectivity index (χ1n) is 14.2. The lowest BCUT2D eigenvalue weighted by Gasteiger charge is -2.29. The summed E-state index contributed by atoms with van der Waals surface area (Å²) >= 11 is 0. The SMILES string of the molecule is CC/C=C/CCc1ccc(-c2ccc(-c3ccc(C4CCC(CCCCC)CO4)cc3F)cc2)c(F)c1F. The number of allylic oxidation sites excluding steroid dienone is 2. The summed E-state index contributed by atoms with van der Waals surface area (Å²) in [4.78, 5) is 0. The van der Waals surface area contributed by atoms with E-state index in [9.17, 15) is 8.78 Å². The summed E-state index contributed by atoms with van der Waals surface area (Å²) in [5, 5.41) is 0. The topological polar surface area (TPSA) is 9.23 Å². The van der Waals surface area contributed by atoms with Gasteiger partial charge in [-0.2, -0.15) is 0 Å². The predicted molar refractivity (Wildman–Crippen MR) is 150 cm³/mol. The number of benzene rings is 3. The van der Waals surface area contributed by atoms with Crippen molar-refractivity contribution < 1.29 is 17.9 Å². The first-order valence-corrected chi connectivity index (χ1v) is 14.2. The molecule has 1 nitrogen and oxygen atoms in total. The Kier molecular flexibility index (Phi) is 10.2. The summed E-state index contributed by atoms with van der Waals surface area (Å²) < 4.78 is 50.8. The number of hydrogen-bond donors (Lipinski definition) is 0. The third-order valence-corrected chi connectivity index (χ3v) is 7.60. The van der Waals surface area contributed by atoms with Crippen molar-refractivity contribution in [1.82, 2.24) is 0 Å². The first kappa shape index (κ1) is 28.2. The second-order valence-electron chi connectivity index (χ2n) is 10.4. The largest absolute Gasteiger partial charge is 0.373 e. The lowest BCUT2D eigenvalue weighted by atomic mass is 9.90. The predicted octanol–water partition coefficient (Wildman–Crippen LogP) is 10.4. The molecule has 2 atom stereocenters. The van der Waals surface area contributed by atoms with Crippen LogP contribution in [-0.2, 0) is 11.2 Å². The Bertz CT molecular complexity index is 1210. The van der Waals surface area contributed by atoms with E-state index in [0.29, 0.717) is 41.0 Å². The van der Waals surface area contributed by atoms with E-state index in [0.717, 1.165) is 31.4 Å². The maximum atomic E-state index is 15.1. The van der Waals surface area contributed by atoms with E-state index in [1.807, 2.05) is 25.1 Å². The van der Waals surface area contributed by atoms with Gasteiger partial charge in [0, 0.05) is 11.1 Å². The molecule has 4 rings (SSSR count). The van der Waals surface area contributed by atoms with Gasteiger partial charge >= 0.3 is 0 Å². The fourth-order valence-corrected chi connectivity index (χ4v) is 5.30. The summed E-state index contributed by atoms with van der Waals surface area (Å²) in [5.41, 5.74) is 3.19. The van der Waals surface area contributed by atoms with Gasteiger partial charge in [0.15, 0.2) is 11.6 Å². The van der Waals surface area contributed by atoms with E-state index in [1.165, 1.54) is 25.7 Å². The molecule has 3 aromatic carbocycles. The fourth-order valence-electron chi connectivity index (χ4n) is 5.30. The van der Waals surface area contributed by atoms with Crippen molar-refractivity contribution in [1.29, 1.82) is 0 Å². The van der Waals surface area contributed by atoms with E-state index in [4.69, 9.17) is 4.74 Å². The molecule has 1 aliphatic heterocycles. The number of halogens is 3. The fraction of sp³-hybridized carbons (Fsp3) is 0.412. The lowest BCUT2D eigenvalue weighted by molar-refractivity contribution is -0.0200. The van der Waals surface area contributed by atoms with Crippen LogP contribution in [-0.4, -0.2) is 6.61 Å². The molecule has 0 radical (unpaired) electrons. The van der Waals surface area contributed by atoms with Crippen molar-refractivity contribution >= 4 is 0 Å². The Labute approximate surface area is 225 Å². The minimum Gasteiger partial charge on any atom is -0.373 e. The molecule has 3 aromatic rings. The van der Waals surface area contributed by atoms with Crippen LogP contribution in [0.15, 0.2) is 66.7 Å². The van der Waals surface area contributed by atoms with Gasteiger partial charge in [0.25, 0.3) is 0 Å². The molecular formula is C34H39F3O. The quantitative estimate of drug-likeness (QED) is 0.180. The third kappa shape index (κ3) is 6.96. The second kappa shape index (κ2) is 13.8. The zero-order chi connectivity index (χ0) is 26.9. The van der Waals surface area contributed by atoms with Crippen LogP contribution in [0.4, 0.5) is 13.2 Å². The van der Waals surface area contributed by atoms with E-state index < -0.39 is 11.6 Å². The van der Waals surface area contributed by atoms with Crippen LogP contribution in [0.2, 0.25) is 0 Å². The molecule has 2 unspecified atom stereocenters. The van der Waals surface area contributed by atoms with Crippen molar-refractivity contribution in [2.75, 3.05) is 6.61 Å². The summed E-state index contributed by atoms with van der Waals surface area (Å²) in [6, 6.07) is 15.5. The Morgan fingerprint density at radius 1 is 0.816 bits per heavy atom. The van der Waals surface area contributed by atoms with Gasteiger partial charge in [-0.15, -0.1) is 0 Å². The van der Waals surface area contributed by atoms with Gasteiger partial charge in [-0.25, -0.2) is 13.2 Å². The van der Waals surface area contributed by atoms with Crippen LogP contribution >= 0.6 is 0 Å². The highest BCUT2D eigenvalue weighted by molar-refractivity contribution is 5.71. The zero-order valence-corrected chi connectivity index (χ0v) is 22.6. The molecular weight excluding hydrogens is 481 g/mol. The van der Waals surface area contributed by atoms with E-state index in [2.05, 4.69) is 6.92 Å². The molecule has 1 saturated heterocycles. The van der Waals surface area contributed by atoms with Crippen molar-refractivity contribution in [3.05, 3.63) is 95.3 Å². The number of rotatable bonds is 11. The van der Waals surface area contributed by atoms with Crippen molar-refractivity contribution in [3.8, 4) is 22.3 Å². The van der Waals surface area contributed by atoms with Crippen molar-refractivity contribution in [2.45, 2.75) is 77.7 Å². The average molecular weight is 521 g/mol. The average Bonchev–Trinajstić information content (AvgIpc) is 2.94. The summed E-state index contributed by atoms with van der Waals surface area (Å²) in [5.74, 6) is -1.33. The van der Waals surface area contributed by atoms with Crippen LogP contribution in [0, 0.1) is 23.4 Å². The monoisotopic (exact) mass is 520 g/mol. The highest BCUT2D eigenvalue weighted by Crippen LogP contribution is 2.35. The number of ether oxygens (including phenoxy) is 1. The van der Waals surface area contributed by atoms with Crippen molar-refractivity contribution in [2.24, 2.45) is 5.92 Å². The summed E-state index contributed by atoms with van der Waals surface area (Å²) in [7, 11) is 0. The number of hydrogen-bond acceptors (Lipinski definition) is 1. The minimum atomic E-state index is -0.842. The molecule has 202 valence electrons. The molecule has 0 saturated carbocycles. The van der Waals surface area contributed by atoms with E-state index in [-0.39, 0.29) is 17.5 Å². The lowest BCUT2D eigenvalue weighted by Crippen LogP contribution is -2.20. The highest BCUT2D eigenvalue weighted by atomic mass is 19.2. The van der Waals surface area contributed by atoms with E-state index in [1.54, 1.807) is 48.5 Å². The molecule has 0 N–H and O–H groups in total. The first-order chi connectivity index (χ1) is 18.5. The smallest absolute Gasteiger partial charge is 0.166 e. The normalized spacial score (nSPS) is 17.8. The summed E-state index contributed by atoms with van der Waals surface area (Å²) in [6.07, 6.45) is 13.0.